The summed E-state index contributed by atoms with van der Waals surface area (Å²) in [5, 5.41) is 0. The Morgan fingerprint density at radius 2 is 1.92 bits per heavy atom. The molecule has 1 unspecified atom stereocenters. The number of carbonyl (C=O) groups excluding carboxylic acids is 3. The van der Waals surface area contributed by atoms with Crippen LogP contribution in [0.15, 0.2) is 0 Å². The van der Waals surface area contributed by atoms with Gasteiger partial charge in [-0.25, -0.2) is 5.43 Å². The van der Waals surface area contributed by atoms with Crippen molar-refractivity contribution in [3.8, 4) is 0 Å². The van der Waals surface area contributed by atoms with E-state index in [9.17, 15) is 14.4 Å². The van der Waals surface area contributed by atoms with Crippen LogP contribution in [0, 0.1) is 0 Å². The summed E-state index contributed by atoms with van der Waals surface area (Å²) in [6.07, 6.45) is -0.698. The molecular formula is C7H11N3O3. The van der Waals surface area contributed by atoms with Crippen LogP contribution >= 0.6 is 0 Å². The van der Waals surface area contributed by atoms with E-state index in [1.54, 1.807) is 0 Å². The van der Waals surface area contributed by atoms with Crippen LogP contribution in [0.4, 0.5) is 0 Å². The van der Waals surface area contributed by atoms with Crippen molar-refractivity contribution in [3.05, 3.63) is 0 Å². The van der Waals surface area contributed by atoms with Crippen molar-refractivity contribution in [3.63, 3.8) is 0 Å². The molecule has 0 aromatic rings. The van der Waals surface area contributed by atoms with Gasteiger partial charge in [0.2, 0.25) is 11.8 Å². The fourth-order valence-electron chi connectivity index (χ4n) is 1.26. The third-order valence-electron chi connectivity index (χ3n) is 1.89. The highest BCUT2D eigenvalue weighted by molar-refractivity contribution is 6.05. The number of hydrogen-bond acceptors (Lipinski definition) is 5. The first-order valence-corrected chi connectivity index (χ1v) is 3.89. The van der Waals surface area contributed by atoms with Crippen molar-refractivity contribution in [2.75, 3.05) is 0 Å². The standard InChI is InChI=1S/C7H11N3O3/c1-4(11)7(9-8)10-5(12)2-3-6(10)13/h7,9H,2-3,8H2,1H3. The second-order valence-corrected chi connectivity index (χ2v) is 2.84. The molecule has 0 aromatic carbocycles. The molecule has 3 N–H and O–H groups in total. The number of hydrazine groups is 1. The Morgan fingerprint density at radius 3 is 2.23 bits per heavy atom. The van der Waals surface area contributed by atoms with Gasteiger partial charge >= 0.3 is 0 Å². The van der Waals surface area contributed by atoms with E-state index >= 15 is 0 Å². The van der Waals surface area contributed by atoms with Gasteiger partial charge in [0.25, 0.3) is 0 Å². The van der Waals surface area contributed by atoms with Crippen molar-refractivity contribution in [1.82, 2.24) is 10.3 Å². The molecule has 1 rings (SSSR count). The van der Waals surface area contributed by atoms with Crippen LogP contribution in [0.25, 0.3) is 0 Å². The van der Waals surface area contributed by atoms with Gasteiger partial charge in [0.1, 0.15) is 0 Å². The number of likely N-dealkylation sites (tertiary alicyclic amines) is 1. The summed E-state index contributed by atoms with van der Waals surface area (Å²) in [5.41, 5.74) is 2.14. The molecule has 0 radical (unpaired) electrons. The van der Waals surface area contributed by atoms with Crippen LogP contribution in [0.3, 0.4) is 0 Å². The largest absolute Gasteiger partial charge is 0.296 e. The molecule has 0 bridgehead atoms. The van der Waals surface area contributed by atoms with Crippen molar-refractivity contribution in [2.24, 2.45) is 5.84 Å². The van der Waals surface area contributed by atoms with Gasteiger partial charge in [-0.15, -0.1) is 0 Å². The highest BCUT2D eigenvalue weighted by atomic mass is 16.2. The van der Waals surface area contributed by atoms with Gasteiger partial charge in [0.05, 0.1) is 0 Å². The molecular weight excluding hydrogens is 174 g/mol. The van der Waals surface area contributed by atoms with Crippen LogP contribution in [-0.4, -0.2) is 28.7 Å². The van der Waals surface area contributed by atoms with Gasteiger partial charge in [-0.2, -0.15) is 0 Å². The zero-order valence-electron chi connectivity index (χ0n) is 7.24. The maximum absolute atomic E-state index is 11.1. The topological polar surface area (TPSA) is 92.5 Å². The number of hydrogen-bond donors (Lipinski definition) is 2. The van der Waals surface area contributed by atoms with Crippen molar-refractivity contribution in [1.29, 1.82) is 0 Å². The van der Waals surface area contributed by atoms with Crippen LogP contribution in [0.1, 0.15) is 19.8 Å². The molecule has 2 amide bonds. The fraction of sp³-hybridized carbons (Fsp3) is 0.571. The van der Waals surface area contributed by atoms with E-state index in [1.807, 2.05) is 0 Å². The number of carbonyl (C=O) groups is 3. The third-order valence-corrected chi connectivity index (χ3v) is 1.89. The van der Waals surface area contributed by atoms with E-state index in [2.05, 4.69) is 5.43 Å². The Labute approximate surface area is 75.0 Å². The number of ketones is 1. The lowest BCUT2D eigenvalue weighted by molar-refractivity contribution is -0.146. The second-order valence-electron chi connectivity index (χ2n) is 2.84. The van der Waals surface area contributed by atoms with Crippen LogP contribution in [0.2, 0.25) is 0 Å². The minimum Gasteiger partial charge on any atom is -0.296 e. The van der Waals surface area contributed by atoms with Gasteiger partial charge in [-0.3, -0.25) is 25.1 Å². The summed E-state index contributed by atoms with van der Waals surface area (Å²) in [7, 11) is 0. The normalized spacial score (nSPS) is 19.4. The molecule has 13 heavy (non-hydrogen) atoms. The highest BCUT2D eigenvalue weighted by Crippen LogP contribution is 2.14. The van der Waals surface area contributed by atoms with Gasteiger partial charge < -0.3 is 0 Å². The number of nitrogens with two attached hydrogens (primary N) is 1. The predicted octanol–water partition coefficient (Wildman–Crippen LogP) is -1.49. The first-order valence-electron chi connectivity index (χ1n) is 3.89. The van der Waals surface area contributed by atoms with Crippen LogP contribution < -0.4 is 11.3 Å². The maximum atomic E-state index is 11.1. The predicted molar refractivity (Wildman–Crippen MR) is 42.9 cm³/mol. The Kier molecular flexibility index (Phi) is 2.74. The number of nitrogens with one attached hydrogen (secondary N) is 1. The Morgan fingerprint density at radius 1 is 1.46 bits per heavy atom. The zero-order valence-corrected chi connectivity index (χ0v) is 7.24. The summed E-state index contributed by atoms with van der Waals surface area (Å²) in [5.74, 6) is 3.99. The second kappa shape index (κ2) is 3.63. The summed E-state index contributed by atoms with van der Waals surface area (Å²) in [6, 6.07) is 0. The Bertz CT molecular complexity index is 248. The monoisotopic (exact) mass is 185 g/mol. The molecule has 1 saturated heterocycles. The first-order chi connectivity index (χ1) is 6.07. The number of Topliss-reactive ketones (excluding diaryl/α,β-unsaturated/α-hetero) is 1. The fourth-order valence-corrected chi connectivity index (χ4v) is 1.26. The van der Waals surface area contributed by atoms with Crippen molar-refractivity contribution < 1.29 is 14.4 Å². The molecule has 1 fully saturated rings. The lowest BCUT2D eigenvalue weighted by Gasteiger charge is -2.22. The Hall–Kier alpha value is -1.27. The maximum Gasteiger partial charge on any atom is 0.231 e. The molecule has 0 aliphatic carbocycles. The van der Waals surface area contributed by atoms with Gasteiger partial charge in [-0.05, 0) is 6.92 Å². The quantitative estimate of drug-likeness (QED) is 0.317. The van der Waals surface area contributed by atoms with Crippen LogP contribution in [0.5, 0.6) is 0 Å². The van der Waals surface area contributed by atoms with Crippen molar-refractivity contribution >= 4 is 17.6 Å². The molecule has 72 valence electrons. The van der Waals surface area contributed by atoms with E-state index < -0.39 is 6.17 Å². The van der Waals surface area contributed by atoms with E-state index in [4.69, 9.17) is 5.84 Å². The lowest BCUT2D eigenvalue weighted by Crippen LogP contribution is -2.54. The van der Waals surface area contributed by atoms with Gasteiger partial charge in [0.15, 0.2) is 11.9 Å². The molecule has 0 spiro atoms. The van der Waals surface area contributed by atoms with E-state index in [0.29, 0.717) is 0 Å². The highest BCUT2D eigenvalue weighted by Gasteiger charge is 2.36. The molecule has 0 saturated carbocycles. The average molecular weight is 185 g/mol. The van der Waals surface area contributed by atoms with E-state index in [0.717, 1.165) is 4.90 Å². The molecule has 6 nitrogen and oxygen atoms in total. The van der Waals surface area contributed by atoms with E-state index in [-0.39, 0.29) is 30.4 Å². The van der Waals surface area contributed by atoms with Gasteiger partial charge in [0, 0.05) is 12.8 Å². The summed E-state index contributed by atoms with van der Waals surface area (Å²) < 4.78 is 0. The minimum atomic E-state index is -1.01. The lowest BCUT2D eigenvalue weighted by atomic mass is 10.3. The zero-order chi connectivity index (χ0) is 10.0. The van der Waals surface area contributed by atoms with Crippen molar-refractivity contribution in [2.45, 2.75) is 25.9 Å². The molecule has 1 aliphatic heterocycles. The molecule has 6 heteroatoms. The van der Waals surface area contributed by atoms with Crippen LogP contribution in [-0.2, 0) is 14.4 Å². The molecule has 1 aliphatic rings. The minimum absolute atomic E-state index is 0.157. The first kappa shape index (κ1) is 9.82. The summed E-state index contributed by atoms with van der Waals surface area (Å²) >= 11 is 0. The molecule has 0 aromatic heterocycles. The number of rotatable bonds is 3. The summed E-state index contributed by atoms with van der Waals surface area (Å²) in [4.78, 5) is 34.1. The van der Waals surface area contributed by atoms with E-state index in [1.165, 1.54) is 6.92 Å². The Balaban J connectivity index is 2.84. The summed E-state index contributed by atoms with van der Waals surface area (Å²) in [6.45, 7) is 1.27. The average Bonchev–Trinajstić information content (AvgIpc) is 2.36. The number of imide groups is 1. The number of amides is 2. The molecule has 1 heterocycles. The number of nitrogens with zero attached hydrogens (tertiary/aromatic N) is 1. The SMILES string of the molecule is CC(=O)C(NN)N1C(=O)CCC1=O. The smallest absolute Gasteiger partial charge is 0.231 e. The third kappa shape index (κ3) is 1.73. The molecule has 1 atom stereocenters. The van der Waals surface area contributed by atoms with Gasteiger partial charge in [-0.1, -0.05) is 0 Å².